The minimum Gasteiger partial charge on any atom is -0.376 e. The predicted octanol–water partition coefficient (Wildman–Crippen LogP) is 2.39. The highest BCUT2D eigenvalue weighted by atomic mass is 15.1. The van der Waals surface area contributed by atoms with E-state index in [4.69, 9.17) is 0 Å². The summed E-state index contributed by atoms with van der Waals surface area (Å²) in [6.45, 7) is 6.01. The van der Waals surface area contributed by atoms with E-state index in [1.54, 1.807) is 0 Å². The van der Waals surface area contributed by atoms with Crippen molar-refractivity contribution in [3.8, 4) is 0 Å². The van der Waals surface area contributed by atoms with Crippen molar-refractivity contribution in [3.63, 3.8) is 0 Å². The summed E-state index contributed by atoms with van der Waals surface area (Å²) in [7, 11) is 2.15. The van der Waals surface area contributed by atoms with E-state index in [9.17, 15) is 0 Å². The highest BCUT2D eigenvalue weighted by Gasteiger charge is 2.18. The molecule has 0 N–H and O–H groups in total. The van der Waals surface area contributed by atoms with Crippen LogP contribution in [0.4, 0.5) is 0 Å². The van der Waals surface area contributed by atoms with Crippen LogP contribution in [0.2, 0.25) is 0 Å². The Kier molecular flexibility index (Phi) is 2.36. The van der Waals surface area contributed by atoms with Crippen LogP contribution in [0, 0.1) is 0 Å². The maximum atomic E-state index is 3.93. The Morgan fingerprint density at radius 2 is 1.90 bits per heavy atom. The lowest BCUT2D eigenvalue weighted by Crippen LogP contribution is -2.26. The molecule has 10 heavy (non-hydrogen) atoms. The average molecular weight is 139 g/mol. The number of hydrogen-bond donors (Lipinski definition) is 0. The summed E-state index contributed by atoms with van der Waals surface area (Å²) >= 11 is 0. The molecule has 0 saturated heterocycles. The molecule has 1 heteroatoms. The molecular weight excluding hydrogens is 122 g/mol. The number of hydrogen-bond acceptors (Lipinski definition) is 1. The van der Waals surface area contributed by atoms with Crippen LogP contribution in [0.15, 0.2) is 12.3 Å². The third kappa shape index (κ3) is 1.53. The SMILES string of the molecule is C=C(C)N(C)C1CCCC1. The van der Waals surface area contributed by atoms with E-state index in [1.807, 2.05) is 0 Å². The summed E-state index contributed by atoms with van der Waals surface area (Å²) in [5, 5.41) is 0. The molecule has 0 amide bonds. The van der Waals surface area contributed by atoms with Crippen LogP contribution in [0.5, 0.6) is 0 Å². The second-order valence-electron chi connectivity index (χ2n) is 3.28. The third-order valence-corrected chi connectivity index (χ3v) is 2.47. The van der Waals surface area contributed by atoms with Crippen LogP contribution < -0.4 is 0 Å². The van der Waals surface area contributed by atoms with E-state index in [0.29, 0.717) is 0 Å². The lowest BCUT2D eigenvalue weighted by atomic mass is 10.2. The topological polar surface area (TPSA) is 3.24 Å². The van der Waals surface area contributed by atoms with Gasteiger partial charge in [0.05, 0.1) is 0 Å². The third-order valence-electron chi connectivity index (χ3n) is 2.47. The van der Waals surface area contributed by atoms with Gasteiger partial charge in [-0.3, -0.25) is 0 Å². The van der Waals surface area contributed by atoms with Crippen molar-refractivity contribution in [1.82, 2.24) is 4.90 Å². The largest absolute Gasteiger partial charge is 0.376 e. The van der Waals surface area contributed by atoms with Gasteiger partial charge in [0, 0.05) is 18.8 Å². The van der Waals surface area contributed by atoms with Gasteiger partial charge in [-0.05, 0) is 19.8 Å². The van der Waals surface area contributed by atoms with Crippen molar-refractivity contribution < 1.29 is 0 Å². The summed E-state index contributed by atoms with van der Waals surface area (Å²) in [4.78, 5) is 2.31. The quantitative estimate of drug-likeness (QED) is 0.568. The van der Waals surface area contributed by atoms with Crippen LogP contribution in [0.3, 0.4) is 0 Å². The molecule has 0 aliphatic heterocycles. The van der Waals surface area contributed by atoms with E-state index in [-0.39, 0.29) is 0 Å². The summed E-state index contributed by atoms with van der Waals surface area (Å²) in [5.74, 6) is 0. The first-order valence-corrected chi connectivity index (χ1v) is 4.10. The minimum atomic E-state index is 0.789. The second kappa shape index (κ2) is 3.09. The molecular formula is C9H17N. The predicted molar refractivity (Wildman–Crippen MR) is 44.8 cm³/mol. The normalized spacial score (nSPS) is 19.4. The molecule has 1 fully saturated rings. The standard InChI is InChI=1S/C9H17N/c1-8(2)10(3)9-6-4-5-7-9/h9H,1,4-7H2,2-3H3. The zero-order chi connectivity index (χ0) is 7.56. The van der Waals surface area contributed by atoms with Gasteiger partial charge in [0.25, 0.3) is 0 Å². The van der Waals surface area contributed by atoms with Gasteiger partial charge in [-0.15, -0.1) is 0 Å². The molecule has 0 spiro atoms. The van der Waals surface area contributed by atoms with Crippen molar-refractivity contribution >= 4 is 0 Å². The van der Waals surface area contributed by atoms with Crippen molar-refractivity contribution in [2.45, 2.75) is 38.6 Å². The lowest BCUT2D eigenvalue weighted by Gasteiger charge is -2.26. The Labute approximate surface area is 63.7 Å². The number of allylic oxidation sites excluding steroid dienone is 1. The first-order chi connectivity index (χ1) is 4.72. The van der Waals surface area contributed by atoms with Crippen LogP contribution >= 0.6 is 0 Å². The van der Waals surface area contributed by atoms with Crippen LogP contribution in [0.25, 0.3) is 0 Å². The fourth-order valence-corrected chi connectivity index (χ4v) is 1.60. The first kappa shape index (κ1) is 7.64. The van der Waals surface area contributed by atoms with Gasteiger partial charge >= 0.3 is 0 Å². The smallest absolute Gasteiger partial charge is 0.0283 e. The van der Waals surface area contributed by atoms with E-state index in [2.05, 4.69) is 25.5 Å². The summed E-state index contributed by atoms with van der Waals surface area (Å²) < 4.78 is 0. The summed E-state index contributed by atoms with van der Waals surface area (Å²) in [5.41, 5.74) is 1.20. The number of rotatable bonds is 2. The van der Waals surface area contributed by atoms with Gasteiger partial charge in [0.2, 0.25) is 0 Å². The van der Waals surface area contributed by atoms with Gasteiger partial charge in [0.15, 0.2) is 0 Å². The van der Waals surface area contributed by atoms with E-state index < -0.39 is 0 Å². The van der Waals surface area contributed by atoms with Gasteiger partial charge in [-0.2, -0.15) is 0 Å². The zero-order valence-corrected chi connectivity index (χ0v) is 7.06. The molecule has 0 aromatic rings. The highest BCUT2D eigenvalue weighted by molar-refractivity contribution is 4.91. The Hall–Kier alpha value is -0.460. The average Bonchev–Trinajstić information content (AvgIpc) is 2.36. The fraction of sp³-hybridized carbons (Fsp3) is 0.778. The molecule has 1 rings (SSSR count). The lowest BCUT2D eigenvalue weighted by molar-refractivity contribution is 0.310. The van der Waals surface area contributed by atoms with Gasteiger partial charge in [-0.1, -0.05) is 19.4 Å². The van der Waals surface area contributed by atoms with Crippen LogP contribution in [-0.4, -0.2) is 18.0 Å². The molecule has 0 bridgehead atoms. The zero-order valence-electron chi connectivity index (χ0n) is 7.06. The van der Waals surface area contributed by atoms with E-state index >= 15 is 0 Å². The Morgan fingerprint density at radius 1 is 1.40 bits per heavy atom. The molecule has 1 aliphatic rings. The Balaban J connectivity index is 2.39. The molecule has 1 saturated carbocycles. The number of nitrogens with zero attached hydrogens (tertiary/aromatic N) is 1. The van der Waals surface area contributed by atoms with E-state index in [1.165, 1.54) is 31.4 Å². The molecule has 0 unspecified atom stereocenters. The molecule has 0 aromatic heterocycles. The van der Waals surface area contributed by atoms with E-state index in [0.717, 1.165) is 6.04 Å². The molecule has 0 heterocycles. The molecule has 0 aromatic carbocycles. The molecule has 1 nitrogen and oxygen atoms in total. The summed E-state index contributed by atoms with van der Waals surface area (Å²) in [6, 6.07) is 0.789. The Morgan fingerprint density at radius 3 is 2.30 bits per heavy atom. The van der Waals surface area contributed by atoms with Crippen molar-refractivity contribution in [2.24, 2.45) is 0 Å². The molecule has 0 radical (unpaired) electrons. The molecule has 0 atom stereocenters. The fourth-order valence-electron chi connectivity index (χ4n) is 1.60. The Bertz CT molecular complexity index is 123. The van der Waals surface area contributed by atoms with Crippen LogP contribution in [-0.2, 0) is 0 Å². The van der Waals surface area contributed by atoms with Crippen molar-refractivity contribution in [1.29, 1.82) is 0 Å². The maximum absolute atomic E-state index is 3.93. The summed E-state index contributed by atoms with van der Waals surface area (Å²) in [6.07, 6.45) is 5.54. The molecule has 1 aliphatic carbocycles. The van der Waals surface area contributed by atoms with Crippen molar-refractivity contribution in [3.05, 3.63) is 12.3 Å². The van der Waals surface area contributed by atoms with Gasteiger partial charge < -0.3 is 4.90 Å². The van der Waals surface area contributed by atoms with Gasteiger partial charge in [-0.25, -0.2) is 0 Å². The maximum Gasteiger partial charge on any atom is 0.0283 e. The van der Waals surface area contributed by atoms with Crippen molar-refractivity contribution in [2.75, 3.05) is 7.05 Å². The first-order valence-electron chi connectivity index (χ1n) is 4.10. The second-order valence-corrected chi connectivity index (χ2v) is 3.28. The van der Waals surface area contributed by atoms with Crippen LogP contribution in [0.1, 0.15) is 32.6 Å². The monoisotopic (exact) mass is 139 g/mol. The van der Waals surface area contributed by atoms with Gasteiger partial charge in [0.1, 0.15) is 0 Å². The minimum absolute atomic E-state index is 0.789. The molecule has 58 valence electrons. The highest BCUT2D eigenvalue weighted by Crippen LogP contribution is 2.23.